The van der Waals surface area contributed by atoms with Crippen LogP contribution in [-0.2, 0) is 10.0 Å². The van der Waals surface area contributed by atoms with Gasteiger partial charge >= 0.3 is 0 Å². The SMILES string of the molecule is O=S(=O)(c1cccc2cccnc12)N1CC[C@H](Oc2ccncc2)C1. The van der Waals surface area contributed by atoms with Crippen LogP contribution in [0.15, 0.2) is 66.0 Å². The van der Waals surface area contributed by atoms with E-state index in [1.807, 2.05) is 12.1 Å². The standard InChI is InChI=1S/C18H17N3O3S/c22-25(23,17-5-1-3-14-4-2-9-20-18(14)17)21-12-8-16(13-21)24-15-6-10-19-11-7-15/h1-7,9-11,16H,8,12-13H2/t16-/m0/s1. The third-order valence-electron chi connectivity index (χ3n) is 4.27. The Balaban J connectivity index is 1.59. The maximum atomic E-state index is 13.1. The van der Waals surface area contributed by atoms with Crippen molar-refractivity contribution >= 4 is 20.9 Å². The van der Waals surface area contributed by atoms with Gasteiger partial charge in [-0.05, 0) is 30.7 Å². The second kappa shape index (κ2) is 6.42. The number of rotatable bonds is 4. The Kier molecular flexibility index (Phi) is 4.10. The molecule has 1 fully saturated rings. The van der Waals surface area contributed by atoms with E-state index in [0.29, 0.717) is 30.8 Å². The smallest absolute Gasteiger partial charge is 0.245 e. The van der Waals surface area contributed by atoms with Crippen molar-refractivity contribution < 1.29 is 13.2 Å². The minimum atomic E-state index is -3.61. The van der Waals surface area contributed by atoms with Crippen molar-refractivity contribution in [3.05, 3.63) is 61.1 Å². The van der Waals surface area contributed by atoms with Gasteiger partial charge in [0.25, 0.3) is 0 Å². The number of sulfonamides is 1. The van der Waals surface area contributed by atoms with E-state index in [2.05, 4.69) is 9.97 Å². The summed E-state index contributed by atoms with van der Waals surface area (Å²) in [5.41, 5.74) is 0.503. The van der Waals surface area contributed by atoms with Crippen LogP contribution in [0.3, 0.4) is 0 Å². The molecule has 0 radical (unpaired) electrons. The van der Waals surface area contributed by atoms with Crippen LogP contribution in [0.4, 0.5) is 0 Å². The van der Waals surface area contributed by atoms with Crippen LogP contribution in [0.1, 0.15) is 6.42 Å². The third kappa shape index (κ3) is 3.08. The molecule has 128 valence electrons. The predicted octanol–water partition coefficient (Wildman–Crippen LogP) is 2.47. The quantitative estimate of drug-likeness (QED) is 0.719. The number of benzene rings is 1. The molecule has 1 saturated heterocycles. The molecule has 6 nitrogen and oxygen atoms in total. The number of aromatic nitrogens is 2. The lowest BCUT2D eigenvalue weighted by Crippen LogP contribution is -2.31. The number of nitrogens with zero attached hydrogens (tertiary/aromatic N) is 3. The van der Waals surface area contributed by atoms with Crippen molar-refractivity contribution in [2.45, 2.75) is 17.4 Å². The second-order valence-electron chi connectivity index (χ2n) is 5.91. The summed E-state index contributed by atoms with van der Waals surface area (Å²) in [7, 11) is -3.61. The minimum Gasteiger partial charge on any atom is -0.489 e. The molecule has 7 heteroatoms. The number of ether oxygens (including phenoxy) is 1. The number of para-hydroxylation sites is 1. The van der Waals surface area contributed by atoms with E-state index in [4.69, 9.17) is 4.74 Å². The van der Waals surface area contributed by atoms with Gasteiger partial charge in [0.1, 0.15) is 16.7 Å². The van der Waals surface area contributed by atoms with Crippen LogP contribution < -0.4 is 4.74 Å². The molecule has 0 saturated carbocycles. The second-order valence-corrected chi connectivity index (χ2v) is 7.81. The largest absolute Gasteiger partial charge is 0.489 e. The minimum absolute atomic E-state index is 0.167. The van der Waals surface area contributed by atoms with Gasteiger partial charge in [0, 0.05) is 30.5 Å². The average Bonchev–Trinajstić information content (AvgIpc) is 3.11. The summed E-state index contributed by atoms with van der Waals surface area (Å²) in [6.07, 6.45) is 5.40. The molecule has 4 rings (SSSR count). The van der Waals surface area contributed by atoms with Crippen LogP contribution in [0.2, 0.25) is 0 Å². The summed E-state index contributed by atoms with van der Waals surface area (Å²) in [6.45, 7) is 0.759. The first-order valence-corrected chi connectivity index (χ1v) is 9.49. The third-order valence-corrected chi connectivity index (χ3v) is 6.17. The molecule has 0 spiro atoms. The molecule has 3 aromatic rings. The van der Waals surface area contributed by atoms with Crippen molar-refractivity contribution in [2.75, 3.05) is 13.1 Å². The molecular formula is C18H17N3O3S. The van der Waals surface area contributed by atoms with Gasteiger partial charge in [-0.3, -0.25) is 9.97 Å². The normalized spacial score (nSPS) is 18.5. The van der Waals surface area contributed by atoms with Crippen LogP contribution in [0.5, 0.6) is 5.75 Å². The first kappa shape index (κ1) is 16.0. The summed E-state index contributed by atoms with van der Waals surface area (Å²) in [5.74, 6) is 0.700. The van der Waals surface area contributed by atoms with Crippen molar-refractivity contribution in [2.24, 2.45) is 0 Å². The maximum absolute atomic E-state index is 13.1. The van der Waals surface area contributed by atoms with E-state index in [9.17, 15) is 8.42 Å². The van der Waals surface area contributed by atoms with E-state index in [1.165, 1.54) is 4.31 Å². The molecule has 1 aromatic carbocycles. The van der Waals surface area contributed by atoms with E-state index >= 15 is 0 Å². The van der Waals surface area contributed by atoms with Gasteiger partial charge in [-0.1, -0.05) is 18.2 Å². The number of fused-ring (bicyclic) bond motifs is 1. The molecule has 0 amide bonds. The molecule has 1 aliphatic heterocycles. The summed E-state index contributed by atoms with van der Waals surface area (Å²) in [5, 5.41) is 0.812. The van der Waals surface area contributed by atoms with Gasteiger partial charge in [-0.25, -0.2) is 8.42 Å². The van der Waals surface area contributed by atoms with Crippen molar-refractivity contribution in [3.63, 3.8) is 0 Å². The first-order valence-electron chi connectivity index (χ1n) is 8.05. The van der Waals surface area contributed by atoms with Crippen LogP contribution in [0, 0.1) is 0 Å². The molecule has 0 aliphatic carbocycles. The van der Waals surface area contributed by atoms with Gasteiger partial charge < -0.3 is 4.74 Å². The molecule has 2 aromatic heterocycles. The van der Waals surface area contributed by atoms with Crippen LogP contribution in [0.25, 0.3) is 10.9 Å². The molecular weight excluding hydrogens is 338 g/mol. The zero-order valence-electron chi connectivity index (χ0n) is 13.4. The number of hydrogen-bond acceptors (Lipinski definition) is 5. The molecule has 3 heterocycles. The summed E-state index contributed by atoms with van der Waals surface area (Å²) in [4.78, 5) is 8.46. The van der Waals surface area contributed by atoms with E-state index in [-0.39, 0.29) is 11.0 Å². The fourth-order valence-electron chi connectivity index (χ4n) is 3.04. The highest BCUT2D eigenvalue weighted by molar-refractivity contribution is 7.89. The number of hydrogen-bond donors (Lipinski definition) is 0. The van der Waals surface area contributed by atoms with Gasteiger partial charge in [0.15, 0.2) is 0 Å². The monoisotopic (exact) mass is 355 g/mol. The van der Waals surface area contributed by atoms with E-state index in [1.54, 1.807) is 48.9 Å². The van der Waals surface area contributed by atoms with Crippen molar-refractivity contribution in [1.82, 2.24) is 14.3 Å². The average molecular weight is 355 g/mol. The Morgan fingerprint density at radius 3 is 2.68 bits per heavy atom. The van der Waals surface area contributed by atoms with Gasteiger partial charge in [-0.2, -0.15) is 4.31 Å². The summed E-state index contributed by atoms with van der Waals surface area (Å²) in [6, 6.07) is 12.4. The highest BCUT2D eigenvalue weighted by Crippen LogP contribution is 2.27. The van der Waals surface area contributed by atoms with Crippen LogP contribution in [-0.4, -0.2) is 41.9 Å². The Morgan fingerprint density at radius 1 is 1.04 bits per heavy atom. The van der Waals surface area contributed by atoms with E-state index < -0.39 is 10.0 Å². The molecule has 25 heavy (non-hydrogen) atoms. The highest BCUT2D eigenvalue weighted by Gasteiger charge is 2.34. The van der Waals surface area contributed by atoms with Crippen molar-refractivity contribution in [1.29, 1.82) is 0 Å². The fraction of sp³-hybridized carbons (Fsp3) is 0.222. The van der Waals surface area contributed by atoms with Crippen molar-refractivity contribution in [3.8, 4) is 5.75 Å². The lowest BCUT2D eigenvalue weighted by Gasteiger charge is -2.18. The van der Waals surface area contributed by atoms with Gasteiger partial charge in [-0.15, -0.1) is 0 Å². The Labute approximate surface area is 146 Å². The predicted molar refractivity (Wildman–Crippen MR) is 93.8 cm³/mol. The number of pyridine rings is 2. The first-order chi connectivity index (χ1) is 12.1. The summed E-state index contributed by atoms with van der Waals surface area (Å²) >= 11 is 0. The Hall–Kier alpha value is -2.51. The molecule has 1 aliphatic rings. The Morgan fingerprint density at radius 2 is 1.84 bits per heavy atom. The summed E-state index contributed by atoms with van der Waals surface area (Å²) < 4.78 is 33.5. The molecule has 0 unspecified atom stereocenters. The zero-order valence-corrected chi connectivity index (χ0v) is 14.3. The molecule has 0 bridgehead atoms. The van der Waals surface area contributed by atoms with Gasteiger partial charge in [0.2, 0.25) is 10.0 Å². The van der Waals surface area contributed by atoms with Gasteiger partial charge in [0.05, 0.1) is 12.1 Å². The van der Waals surface area contributed by atoms with Crippen LogP contribution >= 0.6 is 0 Å². The lowest BCUT2D eigenvalue weighted by molar-refractivity contribution is 0.215. The lowest BCUT2D eigenvalue weighted by atomic mass is 10.2. The maximum Gasteiger partial charge on any atom is 0.245 e. The molecule has 0 N–H and O–H groups in total. The fourth-order valence-corrected chi connectivity index (χ4v) is 4.70. The molecule has 1 atom stereocenters. The van der Waals surface area contributed by atoms with E-state index in [0.717, 1.165) is 5.39 Å². The highest BCUT2D eigenvalue weighted by atomic mass is 32.2. The zero-order chi connectivity index (χ0) is 17.3. The topological polar surface area (TPSA) is 72.4 Å². The Bertz CT molecular complexity index is 987.